The summed E-state index contributed by atoms with van der Waals surface area (Å²) in [5, 5.41) is 5.04. The van der Waals surface area contributed by atoms with Crippen LogP contribution in [0.4, 0.5) is 0 Å². The highest BCUT2D eigenvalue weighted by atomic mass is 35.5. The van der Waals surface area contributed by atoms with Gasteiger partial charge < -0.3 is 15.6 Å². The van der Waals surface area contributed by atoms with Crippen molar-refractivity contribution < 1.29 is 0 Å². The van der Waals surface area contributed by atoms with E-state index in [1.54, 1.807) is 0 Å². The van der Waals surface area contributed by atoms with Crippen molar-refractivity contribution in [3.05, 3.63) is 71.4 Å². The molecule has 3 aromatic rings. The second-order valence-corrected chi connectivity index (χ2v) is 8.89. The molecular formula is C27H38ClN3. The fourth-order valence-electron chi connectivity index (χ4n) is 5.23. The molecule has 0 radical (unpaired) electrons. The van der Waals surface area contributed by atoms with Crippen molar-refractivity contribution in [2.45, 2.75) is 63.8 Å². The van der Waals surface area contributed by atoms with Crippen molar-refractivity contribution in [2.75, 3.05) is 19.6 Å². The van der Waals surface area contributed by atoms with Gasteiger partial charge >= 0.3 is 0 Å². The normalized spacial score (nSPS) is 15.7. The molecule has 1 aromatic heterocycles. The first-order valence-electron chi connectivity index (χ1n) is 11.9. The maximum Gasteiger partial charge on any atom is 0.0485 e. The summed E-state index contributed by atoms with van der Waals surface area (Å²) in [6, 6.07) is 18.6. The van der Waals surface area contributed by atoms with Gasteiger partial charge in [-0.15, -0.1) is 12.4 Å². The SMILES string of the molecule is Cc1ccccc1C(CCNCCCN)c1cn(C2CCCCC2)c2ccccc12.Cl. The summed E-state index contributed by atoms with van der Waals surface area (Å²) >= 11 is 0. The van der Waals surface area contributed by atoms with Crippen molar-refractivity contribution in [2.24, 2.45) is 5.73 Å². The fourth-order valence-corrected chi connectivity index (χ4v) is 5.23. The first-order chi connectivity index (χ1) is 14.8. The third-order valence-corrected chi connectivity index (χ3v) is 6.85. The Morgan fingerprint density at radius 2 is 1.71 bits per heavy atom. The van der Waals surface area contributed by atoms with Crippen LogP contribution in [-0.4, -0.2) is 24.2 Å². The predicted octanol–water partition coefficient (Wildman–Crippen LogP) is 6.34. The molecule has 168 valence electrons. The summed E-state index contributed by atoms with van der Waals surface area (Å²) in [7, 11) is 0. The summed E-state index contributed by atoms with van der Waals surface area (Å²) in [6.45, 7) is 5.02. The highest BCUT2D eigenvalue weighted by Crippen LogP contribution is 2.39. The number of aromatic nitrogens is 1. The Labute approximate surface area is 193 Å². The van der Waals surface area contributed by atoms with Gasteiger partial charge in [-0.1, -0.05) is 61.7 Å². The molecule has 1 heterocycles. The lowest BCUT2D eigenvalue weighted by Gasteiger charge is -2.24. The zero-order chi connectivity index (χ0) is 20.8. The van der Waals surface area contributed by atoms with Crippen molar-refractivity contribution in [1.29, 1.82) is 0 Å². The molecule has 1 aliphatic rings. The largest absolute Gasteiger partial charge is 0.344 e. The first kappa shape index (κ1) is 23.8. The van der Waals surface area contributed by atoms with Crippen LogP contribution in [0.2, 0.25) is 0 Å². The van der Waals surface area contributed by atoms with E-state index in [-0.39, 0.29) is 12.4 Å². The minimum Gasteiger partial charge on any atom is -0.344 e. The average Bonchev–Trinajstić information content (AvgIpc) is 3.17. The van der Waals surface area contributed by atoms with Crippen LogP contribution >= 0.6 is 12.4 Å². The van der Waals surface area contributed by atoms with Gasteiger partial charge in [0.2, 0.25) is 0 Å². The monoisotopic (exact) mass is 439 g/mol. The number of nitrogens with two attached hydrogens (primary N) is 1. The van der Waals surface area contributed by atoms with Crippen LogP contribution in [0.1, 0.15) is 73.6 Å². The molecule has 0 spiro atoms. The molecule has 0 aliphatic heterocycles. The lowest BCUT2D eigenvalue weighted by molar-refractivity contribution is 0.360. The van der Waals surface area contributed by atoms with E-state index in [9.17, 15) is 0 Å². The smallest absolute Gasteiger partial charge is 0.0485 e. The molecule has 0 saturated heterocycles. The Morgan fingerprint density at radius 1 is 0.968 bits per heavy atom. The number of para-hydroxylation sites is 1. The highest BCUT2D eigenvalue weighted by molar-refractivity contribution is 5.85. The van der Waals surface area contributed by atoms with Gasteiger partial charge in [0.25, 0.3) is 0 Å². The van der Waals surface area contributed by atoms with Gasteiger partial charge in [0.1, 0.15) is 0 Å². The summed E-state index contributed by atoms with van der Waals surface area (Å²) in [4.78, 5) is 0. The molecule has 1 aliphatic carbocycles. The predicted molar refractivity (Wildman–Crippen MR) is 135 cm³/mol. The Bertz CT molecular complexity index is 943. The van der Waals surface area contributed by atoms with Gasteiger partial charge in [0, 0.05) is 29.1 Å². The Morgan fingerprint density at radius 3 is 2.48 bits per heavy atom. The van der Waals surface area contributed by atoms with Crippen molar-refractivity contribution in [3.8, 4) is 0 Å². The number of nitrogens with one attached hydrogen (secondary N) is 1. The van der Waals surface area contributed by atoms with Gasteiger partial charge in [-0.3, -0.25) is 0 Å². The van der Waals surface area contributed by atoms with Crippen molar-refractivity contribution >= 4 is 23.3 Å². The van der Waals surface area contributed by atoms with Crippen molar-refractivity contribution in [1.82, 2.24) is 9.88 Å². The van der Waals surface area contributed by atoms with Gasteiger partial charge in [0.15, 0.2) is 0 Å². The van der Waals surface area contributed by atoms with Crippen LogP contribution in [-0.2, 0) is 0 Å². The van der Waals surface area contributed by atoms with E-state index in [4.69, 9.17) is 5.73 Å². The van der Waals surface area contributed by atoms with Gasteiger partial charge in [-0.2, -0.15) is 0 Å². The number of benzene rings is 2. The van der Waals surface area contributed by atoms with Crippen LogP contribution in [0, 0.1) is 6.92 Å². The lowest BCUT2D eigenvalue weighted by Crippen LogP contribution is -2.21. The number of nitrogens with zero attached hydrogens (tertiary/aromatic N) is 1. The zero-order valence-corrected chi connectivity index (χ0v) is 19.7. The lowest BCUT2D eigenvalue weighted by atomic mass is 9.86. The van der Waals surface area contributed by atoms with Crippen LogP contribution in [0.3, 0.4) is 0 Å². The number of halogens is 1. The van der Waals surface area contributed by atoms with Gasteiger partial charge in [-0.05, 0) is 75.0 Å². The van der Waals surface area contributed by atoms with Crippen LogP contribution in [0.15, 0.2) is 54.7 Å². The molecule has 4 heteroatoms. The topological polar surface area (TPSA) is 43.0 Å². The highest BCUT2D eigenvalue weighted by Gasteiger charge is 2.24. The maximum absolute atomic E-state index is 5.67. The van der Waals surface area contributed by atoms with Crippen LogP contribution < -0.4 is 11.1 Å². The number of hydrogen-bond acceptors (Lipinski definition) is 2. The maximum atomic E-state index is 5.67. The Kier molecular flexibility index (Phi) is 9.01. The second kappa shape index (κ2) is 11.7. The molecule has 1 atom stereocenters. The summed E-state index contributed by atoms with van der Waals surface area (Å²) in [5.74, 6) is 0.409. The van der Waals surface area contributed by atoms with Crippen LogP contribution in [0.25, 0.3) is 10.9 Å². The summed E-state index contributed by atoms with van der Waals surface area (Å²) in [5.41, 5.74) is 11.4. The number of hydrogen-bond donors (Lipinski definition) is 2. The van der Waals surface area contributed by atoms with E-state index in [0.29, 0.717) is 12.0 Å². The average molecular weight is 440 g/mol. The number of fused-ring (bicyclic) bond motifs is 1. The molecule has 1 fully saturated rings. The number of rotatable bonds is 9. The molecule has 0 bridgehead atoms. The molecule has 1 saturated carbocycles. The zero-order valence-electron chi connectivity index (χ0n) is 18.9. The first-order valence-corrected chi connectivity index (χ1v) is 11.9. The van der Waals surface area contributed by atoms with E-state index in [2.05, 4.69) is 71.5 Å². The number of aryl methyl sites for hydroxylation is 1. The van der Waals surface area contributed by atoms with E-state index in [1.165, 1.54) is 59.7 Å². The minimum atomic E-state index is 0. The molecule has 4 rings (SSSR count). The molecule has 2 aromatic carbocycles. The molecule has 0 amide bonds. The standard InChI is InChI=1S/C27H37N3.ClH/c1-21-10-5-6-13-23(21)24(16-19-29-18-9-17-28)26-20-30(22-11-3-2-4-12-22)27-15-8-7-14-25(26)27;/h5-8,10,13-15,20,22,24,29H,2-4,9,11-12,16-19,28H2,1H3;1H. The van der Waals surface area contributed by atoms with E-state index in [0.717, 1.165) is 32.5 Å². The van der Waals surface area contributed by atoms with Crippen LogP contribution in [0.5, 0.6) is 0 Å². The van der Waals surface area contributed by atoms with E-state index < -0.39 is 0 Å². The molecule has 3 nitrogen and oxygen atoms in total. The quantitative estimate of drug-likeness (QED) is 0.382. The third-order valence-electron chi connectivity index (χ3n) is 6.85. The second-order valence-electron chi connectivity index (χ2n) is 8.89. The van der Waals surface area contributed by atoms with E-state index >= 15 is 0 Å². The minimum absolute atomic E-state index is 0. The Balaban J connectivity index is 0.00000272. The van der Waals surface area contributed by atoms with Gasteiger partial charge in [0.05, 0.1) is 0 Å². The third kappa shape index (κ3) is 5.52. The molecular weight excluding hydrogens is 402 g/mol. The van der Waals surface area contributed by atoms with E-state index in [1.807, 2.05) is 0 Å². The summed E-state index contributed by atoms with van der Waals surface area (Å²) in [6.07, 6.45) is 11.4. The van der Waals surface area contributed by atoms with Crippen molar-refractivity contribution in [3.63, 3.8) is 0 Å². The fraction of sp³-hybridized carbons (Fsp3) is 0.481. The Hall–Kier alpha value is -1.81. The molecule has 1 unspecified atom stereocenters. The molecule has 31 heavy (non-hydrogen) atoms. The summed E-state index contributed by atoms with van der Waals surface area (Å²) < 4.78 is 2.61. The molecule has 3 N–H and O–H groups in total. The van der Waals surface area contributed by atoms with Gasteiger partial charge in [-0.25, -0.2) is 0 Å².